The van der Waals surface area contributed by atoms with E-state index in [2.05, 4.69) is 36.4 Å². The van der Waals surface area contributed by atoms with Crippen molar-refractivity contribution in [3.8, 4) is 0 Å². The normalized spacial score (nSPS) is 40.4. The molecule has 3 aliphatic carbocycles. The summed E-state index contributed by atoms with van der Waals surface area (Å²) in [5.74, 6) is 0.0753. The predicted octanol–water partition coefficient (Wildman–Crippen LogP) is 4.79. The highest BCUT2D eigenvalue weighted by atomic mass is 16.8. The lowest BCUT2D eigenvalue weighted by atomic mass is 9.72. The van der Waals surface area contributed by atoms with Gasteiger partial charge >= 0.3 is 0 Å². The Morgan fingerprint density at radius 3 is 1.96 bits per heavy atom. The Morgan fingerprint density at radius 1 is 0.786 bits per heavy atom. The van der Waals surface area contributed by atoms with Crippen molar-refractivity contribution in [2.75, 3.05) is 0 Å². The lowest BCUT2D eigenvalue weighted by Crippen LogP contribution is -2.48. The van der Waals surface area contributed by atoms with Crippen LogP contribution in [0.3, 0.4) is 0 Å². The van der Waals surface area contributed by atoms with Crippen LogP contribution >= 0.6 is 0 Å². The van der Waals surface area contributed by atoms with Gasteiger partial charge in [-0.15, -0.1) is 0 Å². The molecular formula is C25H22O3. The van der Waals surface area contributed by atoms with E-state index in [-0.39, 0.29) is 29.8 Å². The Morgan fingerprint density at radius 2 is 1.36 bits per heavy atom. The Kier molecular flexibility index (Phi) is 3.53. The van der Waals surface area contributed by atoms with Crippen LogP contribution in [0.25, 0.3) is 0 Å². The number of rotatable bonds is 2. The van der Waals surface area contributed by atoms with Crippen LogP contribution in [0.2, 0.25) is 0 Å². The molecule has 3 nitrogen and oxygen atoms in total. The van der Waals surface area contributed by atoms with Gasteiger partial charge in [-0.1, -0.05) is 72.8 Å². The first-order valence-corrected chi connectivity index (χ1v) is 10.1. The third-order valence-corrected chi connectivity index (χ3v) is 6.89. The van der Waals surface area contributed by atoms with Gasteiger partial charge < -0.3 is 9.47 Å². The lowest BCUT2D eigenvalue weighted by molar-refractivity contribution is -0.196. The largest absolute Gasteiger partial charge is 0.335 e. The molecule has 1 saturated carbocycles. The molecule has 28 heavy (non-hydrogen) atoms. The van der Waals surface area contributed by atoms with Crippen molar-refractivity contribution >= 4 is 5.78 Å². The molecule has 1 aliphatic heterocycles. The summed E-state index contributed by atoms with van der Waals surface area (Å²) in [7, 11) is 0. The van der Waals surface area contributed by atoms with E-state index in [1.165, 1.54) is 0 Å². The summed E-state index contributed by atoms with van der Waals surface area (Å²) in [5, 5.41) is 0. The molecule has 1 saturated heterocycles. The van der Waals surface area contributed by atoms with Crippen molar-refractivity contribution in [2.45, 2.75) is 24.4 Å². The van der Waals surface area contributed by atoms with Crippen LogP contribution in [-0.2, 0) is 14.3 Å². The van der Waals surface area contributed by atoms with Gasteiger partial charge in [0.15, 0.2) is 11.6 Å². The average molecular weight is 370 g/mol. The molecule has 1 spiro atoms. The monoisotopic (exact) mass is 370 g/mol. The van der Waals surface area contributed by atoms with Crippen LogP contribution in [0.4, 0.5) is 0 Å². The minimum Gasteiger partial charge on any atom is -0.335 e. The first kappa shape index (κ1) is 16.5. The fourth-order valence-corrected chi connectivity index (χ4v) is 5.73. The van der Waals surface area contributed by atoms with E-state index in [4.69, 9.17) is 9.47 Å². The first-order valence-electron chi connectivity index (χ1n) is 10.1. The van der Waals surface area contributed by atoms with Crippen molar-refractivity contribution < 1.29 is 14.3 Å². The molecule has 2 bridgehead atoms. The van der Waals surface area contributed by atoms with Crippen LogP contribution < -0.4 is 0 Å². The second-order valence-corrected chi connectivity index (χ2v) is 8.36. The summed E-state index contributed by atoms with van der Waals surface area (Å²) >= 11 is 0. The lowest BCUT2D eigenvalue weighted by Gasteiger charge is -2.41. The van der Waals surface area contributed by atoms with Crippen LogP contribution in [-0.4, -0.2) is 11.6 Å². The standard InChI is InChI=1S/C25H22O3/c26-20-13-14-25(22-19-12-11-18(15-19)21(20)22)27-23(16-7-3-1-4-8-16)24(28-25)17-9-5-2-6-10-17/h1-14,18-19,21-24H,15H2/t18-,19+,21+,22+,23?,24?,25?/m0/s1. The summed E-state index contributed by atoms with van der Waals surface area (Å²) in [6, 6.07) is 20.6. The molecule has 6 rings (SSSR count). The fraction of sp³-hybridized carbons (Fsp3) is 0.320. The van der Waals surface area contributed by atoms with Gasteiger partial charge in [-0.2, -0.15) is 0 Å². The van der Waals surface area contributed by atoms with Crippen LogP contribution in [0.15, 0.2) is 85.0 Å². The maximum absolute atomic E-state index is 12.7. The number of ketones is 1. The van der Waals surface area contributed by atoms with Crippen LogP contribution in [0.5, 0.6) is 0 Å². The highest BCUT2D eigenvalue weighted by Crippen LogP contribution is 2.61. The zero-order chi connectivity index (χ0) is 18.7. The van der Waals surface area contributed by atoms with Crippen molar-refractivity contribution in [1.29, 1.82) is 0 Å². The molecule has 2 aromatic rings. The molecule has 0 aromatic heterocycles. The van der Waals surface area contributed by atoms with Crippen molar-refractivity contribution in [3.63, 3.8) is 0 Å². The number of fused-ring (bicyclic) bond motifs is 6. The average Bonchev–Trinajstić information content (AvgIpc) is 3.47. The second-order valence-electron chi connectivity index (χ2n) is 8.36. The van der Waals surface area contributed by atoms with Gasteiger partial charge in [0.05, 0.1) is 0 Å². The van der Waals surface area contributed by atoms with Crippen LogP contribution in [0, 0.1) is 23.7 Å². The second kappa shape index (κ2) is 6.00. The van der Waals surface area contributed by atoms with Crippen LogP contribution in [0.1, 0.15) is 29.8 Å². The Bertz CT molecular complexity index is 914. The highest BCUT2D eigenvalue weighted by Gasteiger charge is 2.63. The third kappa shape index (κ3) is 2.27. The summed E-state index contributed by atoms with van der Waals surface area (Å²) in [4.78, 5) is 12.7. The van der Waals surface area contributed by atoms with Crippen molar-refractivity contribution in [3.05, 3.63) is 96.1 Å². The molecule has 4 aliphatic rings. The number of allylic oxidation sites excluding steroid dienone is 3. The molecule has 1 heterocycles. The minimum atomic E-state index is -0.843. The van der Waals surface area contributed by atoms with Gasteiger partial charge in [0.2, 0.25) is 0 Å². The van der Waals surface area contributed by atoms with E-state index in [0.717, 1.165) is 17.5 Å². The van der Waals surface area contributed by atoms with Crippen molar-refractivity contribution in [1.82, 2.24) is 0 Å². The Labute approximate surface area is 164 Å². The topological polar surface area (TPSA) is 35.5 Å². The molecular weight excluding hydrogens is 348 g/mol. The molecule has 2 aromatic carbocycles. The summed E-state index contributed by atoms with van der Waals surface area (Å²) in [6.45, 7) is 0. The number of benzene rings is 2. The van der Waals surface area contributed by atoms with Crippen molar-refractivity contribution in [2.24, 2.45) is 23.7 Å². The summed E-state index contributed by atoms with van der Waals surface area (Å²) in [6.07, 6.45) is 8.70. The molecule has 2 fully saturated rings. The maximum atomic E-state index is 12.7. The number of hydrogen-bond acceptors (Lipinski definition) is 3. The Balaban J connectivity index is 1.46. The number of carbonyl (C=O) groups excluding carboxylic acids is 1. The molecule has 140 valence electrons. The maximum Gasteiger partial charge on any atom is 0.194 e. The molecule has 0 N–H and O–H groups in total. The zero-order valence-electron chi connectivity index (χ0n) is 15.5. The predicted molar refractivity (Wildman–Crippen MR) is 105 cm³/mol. The van der Waals surface area contributed by atoms with E-state index < -0.39 is 5.79 Å². The Hall–Kier alpha value is -2.49. The van der Waals surface area contributed by atoms with Gasteiger partial charge in [0.25, 0.3) is 0 Å². The van der Waals surface area contributed by atoms with E-state index in [1.54, 1.807) is 6.08 Å². The molecule has 0 radical (unpaired) electrons. The van der Waals surface area contributed by atoms with E-state index in [1.807, 2.05) is 42.5 Å². The number of hydrogen-bond donors (Lipinski definition) is 0. The third-order valence-electron chi connectivity index (χ3n) is 6.89. The van der Waals surface area contributed by atoms with Gasteiger partial charge in [-0.05, 0) is 41.5 Å². The summed E-state index contributed by atoms with van der Waals surface area (Å²) < 4.78 is 13.5. The minimum absolute atomic E-state index is 0.0223. The molecule has 0 amide bonds. The van der Waals surface area contributed by atoms with Gasteiger partial charge in [0, 0.05) is 11.8 Å². The van der Waals surface area contributed by atoms with Gasteiger partial charge in [0.1, 0.15) is 12.2 Å². The van der Waals surface area contributed by atoms with E-state index in [0.29, 0.717) is 11.8 Å². The number of carbonyl (C=O) groups is 1. The zero-order valence-corrected chi connectivity index (χ0v) is 15.5. The SMILES string of the molecule is O=C1C=CC2(OC(c3ccccc3)C(c3ccccc3)O2)[C@H]2[C@@H]1[C@H]1C=C[C@@H]2C1. The molecule has 6 atom stereocenters. The van der Waals surface area contributed by atoms with Gasteiger partial charge in [-0.3, -0.25) is 4.79 Å². The quantitative estimate of drug-likeness (QED) is 0.713. The van der Waals surface area contributed by atoms with E-state index >= 15 is 0 Å². The number of ether oxygens (including phenoxy) is 2. The summed E-state index contributed by atoms with van der Waals surface area (Å²) in [5.41, 5.74) is 2.21. The first-order chi connectivity index (χ1) is 13.8. The fourth-order valence-electron chi connectivity index (χ4n) is 5.73. The molecule has 2 unspecified atom stereocenters. The van der Waals surface area contributed by atoms with Gasteiger partial charge in [-0.25, -0.2) is 0 Å². The smallest absolute Gasteiger partial charge is 0.194 e. The molecule has 3 heteroatoms. The highest BCUT2D eigenvalue weighted by molar-refractivity contribution is 5.94. The van der Waals surface area contributed by atoms with E-state index in [9.17, 15) is 4.79 Å².